The second-order valence-electron chi connectivity index (χ2n) is 3.72. The van der Waals surface area contributed by atoms with Crippen LogP contribution in [0.15, 0.2) is 30.9 Å². The van der Waals surface area contributed by atoms with Gasteiger partial charge in [0.1, 0.15) is 0 Å². The molecule has 2 nitrogen and oxygen atoms in total. The Balaban J connectivity index is 0.00000112. The van der Waals surface area contributed by atoms with E-state index in [9.17, 15) is 0 Å². The number of benzene rings is 1. The van der Waals surface area contributed by atoms with Crippen molar-refractivity contribution < 1.29 is 20.4 Å². The van der Waals surface area contributed by atoms with Crippen LogP contribution in [0.25, 0.3) is 5.69 Å². The molecule has 1 heterocycles. The molecule has 90 valence electrons. The normalized spacial score (nSPS) is 9.19. The Morgan fingerprint density at radius 3 is 2.06 bits per heavy atom. The minimum atomic E-state index is 0. The predicted octanol–water partition coefficient (Wildman–Crippen LogP) is 3.22. The maximum atomic E-state index is 4.07. The third-order valence-corrected chi connectivity index (χ3v) is 2.40. The first-order valence-corrected chi connectivity index (χ1v) is 4.74. The average Bonchev–Trinajstić information content (AvgIpc) is 2.54. The largest absolute Gasteiger partial charge is 0.306 e. The van der Waals surface area contributed by atoms with Crippen molar-refractivity contribution in [2.75, 3.05) is 0 Å². The zero-order valence-electron chi connectivity index (χ0n) is 9.51. The van der Waals surface area contributed by atoms with Crippen molar-refractivity contribution in [1.82, 2.24) is 9.55 Å². The van der Waals surface area contributed by atoms with E-state index in [1.807, 2.05) is 12.5 Å². The summed E-state index contributed by atoms with van der Waals surface area (Å²) >= 11 is 0. The summed E-state index contributed by atoms with van der Waals surface area (Å²) in [7, 11) is 0. The van der Waals surface area contributed by atoms with Crippen molar-refractivity contribution >= 4 is 12.4 Å². The molecule has 0 aliphatic rings. The number of rotatable bonds is 1. The van der Waals surface area contributed by atoms with Crippen LogP contribution in [0.2, 0.25) is 0 Å². The fourth-order valence-corrected chi connectivity index (χ4v) is 1.97. The molecular weight excluding hydrogens is 314 g/mol. The van der Waals surface area contributed by atoms with E-state index < -0.39 is 0 Å². The maximum absolute atomic E-state index is 4.07. The Bertz CT molecular complexity index is 429. The van der Waals surface area contributed by atoms with Gasteiger partial charge in [0.25, 0.3) is 0 Å². The van der Waals surface area contributed by atoms with Crippen LogP contribution in [0.4, 0.5) is 0 Å². The average molecular weight is 329 g/mol. The second kappa shape index (κ2) is 6.20. The quantitative estimate of drug-likeness (QED) is 0.735. The molecule has 0 aliphatic heterocycles. The van der Waals surface area contributed by atoms with E-state index in [1.165, 1.54) is 22.4 Å². The second-order valence-corrected chi connectivity index (χ2v) is 3.72. The monoisotopic (exact) mass is 328 g/mol. The number of halogens is 1. The molecule has 0 aliphatic carbocycles. The number of aryl methyl sites for hydroxylation is 3. The van der Waals surface area contributed by atoms with Crippen LogP contribution >= 0.6 is 12.4 Å². The molecule has 0 amide bonds. The zero-order chi connectivity index (χ0) is 10.1. The fraction of sp³-hybridized carbons (Fsp3) is 0.250. The van der Waals surface area contributed by atoms with Crippen LogP contribution < -0.4 is 0 Å². The molecule has 0 bridgehead atoms. The molecule has 4 heteroatoms. The van der Waals surface area contributed by atoms with E-state index in [-0.39, 0.29) is 32.8 Å². The summed E-state index contributed by atoms with van der Waals surface area (Å²) in [5.74, 6) is 0. The van der Waals surface area contributed by atoms with E-state index in [1.54, 1.807) is 6.20 Å². The summed E-state index contributed by atoms with van der Waals surface area (Å²) in [5, 5.41) is 0. The van der Waals surface area contributed by atoms with Gasteiger partial charge >= 0.3 is 0 Å². The zero-order valence-corrected chi connectivity index (χ0v) is 11.9. The van der Waals surface area contributed by atoms with Crippen molar-refractivity contribution in [3.63, 3.8) is 0 Å². The van der Waals surface area contributed by atoms with Gasteiger partial charge in [0.2, 0.25) is 0 Å². The van der Waals surface area contributed by atoms with Crippen LogP contribution in [-0.4, -0.2) is 9.55 Å². The number of hydrogen-bond acceptors (Lipinski definition) is 1. The van der Waals surface area contributed by atoms with Crippen LogP contribution in [0, 0.1) is 20.8 Å². The molecule has 0 atom stereocenters. The van der Waals surface area contributed by atoms with Gasteiger partial charge in [0.15, 0.2) is 0 Å². The molecule has 0 saturated heterocycles. The molecular formula is C12H15ClN2Pd. The van der Waals surface area contributed by atoms with E-state index in [0.717, 1.165) is 0 Å². The Hall–Kier alpha value is -0.618. The first-order chi connectivity index (χ1) is 6.68. The van der Waals surface area contributed by atoms with Gasteiger partial charge in [-0.15, -0.1) is 12.4 Å². The molecule has 1 aromatic carbocycles. The van der Waals surface area contributed by atoms with Gasteiger partial charge in [-0.25, -0.2) is 4.98 Å². The Kier molecular flexibility index (Phi) is 5.96. The molecule has 2 rings (SSSR count). The topological polar surface area (TPSA) is 17.8 Å². The van der Waals surface area contributed by atoms with Crippen molar-refractivity contribution in [1.29, 1.82) is 0 Å². The molecule has 2 aromatic rings. The van der Waals surface area contributed by atoms with Gasteiger partial charge in [-0.1, -0.05) is 17.7 Å². The first-order valence-electron chi connectivity index (χ1n) is 4.74. The number of imidazole rings is 1. The molecule has 0 spiro atoms. The SMILES string of the molecule is Cc1cc(C)c(-n2ccnc2)c(C)c1.Cl.[Pd]. The molecule has 0 unspecified atom stereocenters. The fourth-order valence-electron chi connectivity index (χ4n) is 1.97. The summed E-state index contributed by atoms with van der Waals surface area (Å²) in [6.45, 7) is 6.39. The third kappa shape index (κ3) is 2.95. The Morgan fingerprint density at radius 2 is 1.62 bits per heavy atom. The standard InChI is InChI=1S/C12H14N2.ClH.Pd/c1-9-6-10(2)12(11(3)7-9)14-5-4-13-8-14;;/h4-8H,1-3H3;1H;. The first kappa shape index (κ1) is 15.4. The van der Waals surface area contributed by atoms with Gasteiger partial charge in [0, 0.05) is 32.8 Å². The van der Waals surface area contributed by atoms with Gasteiger partial charge in [-0.05, 0) is 31.9 Å². The summed E-state index contributed by atoms with van der Waals surface area (Å²) in [4.78, 5) is 4.07. The summed E-state index contributed by atoms with van der Waals surface area (Å²) in [6.07, 6.45) is 5.62. The van der Waals surface area contributed by atoms with E-state index in [2.05, 4.69) is 42.5 Å². The van der Waals surface area contributed by atoms with E-state index in [0.29, 0.717) is 0 Å². The van der Waals surface area contributed by atoms with Crippen LogP contribution in [0.3, 0.4) is 0 Å². The third-order valence-electron chi connectivity index (χ3n) is 2.40. The predicted molar refractivity (Wildman–Crippen MR) is 65.0 cm³/mol. The van der Waals surface area contributed by atoms with E-state index >= 15 is 0 Å². The van der Waals surface area contributed by atoms with Crippen molar-refractivity contribution in [3.05, 3.63) is 47.5 Å². The minimum Gasteiger partial charge on any atom is -0.306 e. The number of hydrogen-bond donors (Lipinski definition) is 0. The smallest absolute Gasteiger partial charge is 0.0991 e. The van der Waals surface area contributed by atoms with Crippen LogP contribution in [0.1, 0.15) is 16.7 Å². The molecule has 0 fully saturated rings. The summed E-state index contributed by atoms with van der Waals surface area (Å²) in [5.41, 5.74) is 5.14. The van der Waals surface area contributed by atoms with Gasteiger partial charge < -0.3 is 4.57 Å². The molecule has 1 aromatic heterocycles. The minimum absolute atomic E-state index is 0. The van der Waals surface area contributed by atoms with Crippen molar-refractivity contribution in [3.8, 4) is 5.69 Å². The van der Waals surface area contributed by atoms with Crippen LogP contribution in [-0.2, 0) is 20.4 Å². The molecule has 0 N–H and O–H groups in total. The summed E-state index contributed by atoms with van der Waals surface area (Å²) < 4.78 is 2.06. The molecule has 0 radical (unpaired) electrons. The van der Waals surface area contributed by atoms with Crippen LogP contribution in [0.5, 0.6) is 0 Å². The maximum Gasteiger partial charge on any atom is 0.0991 e. The summed E-state index contributed by atoms with van der Waals surface area (Å²) in [6, 6.07) is 4.39. The Labute approximate surface area is 116 Å². The van der Waals surface area contributed by atoms with Gasteiger partial charge in [0.05, 0.1) is 12.0 Å². The van der Waals surface area contributed by atoms with E-state index in [4.69, 9.17) is 0 Å². The molecule has 0 saturated carbocycles. The van der Waals surface area contributed by atoms with Gasteiger partial charge in [-0.3, -0.25) is 0 Å². The number of nitrogens with zero attached hydrogens (tertiary/aromatic N) is 2. The Morgan fingerprint density at radius 1 is 1.06 bits per heavy atom. The molecule has 16 heavy (non-hydrogen) atoms. The number of aromatic nitrogens is 2. The van der Waals surface area contributed by atoms with Crippen molar-refractivity contribution in [2.24, 2.45) is 0 Å². The van der Waals surface area contributed by atoms with Gasteiger partial charge in [-0.2, -0.15) is 0 Å². The van der Waals surface area contributed by atoms with Crippen molar-refractivity contribution in [2.45, 2.75) is 20.8 Å².